The highest BCUT2D eigenvalue weighted by Crippen LogP contribution is 2.41. The molecule has 0 bridgehead atoms. The first-order valence-electron chi connectivity index (χ1n) is 8.58. The number of nitrogens with zero attached hydrogens (tertiary/aromatic N) is 2. The van der Waals surface area contributed by atoms with Crippen LogP contribution in [0.4, 0.5) is 4.79 Å². The third kappa shape index (κ3) is 3.01. The third-order valence-electron chi connectivity index (χ3n) is 5.71. The average Bonchev–Trinajstić information content (AvgIpc) is 2.94. The van der Waals surface area contributed by atoms with Crippen LogP contribution in [0.1, 0.15) is 44.9 Å². The van der Waals surface area contributed by atoms with Crippen molar-refractivity contribution >= 4 is 17.9 Å². The van der Waals surface area contributed by atoms with Crippen LogP contribution in [0.5, 0.6) is 0 Å². The molecule has 3 rings (SSSR count). The molecule has 128 valence electrons. The normalized spacial score (nSPS) is 34.1. The van der Waals surface area contributed by atoms with Gasteiger partial charge in [-0.25, -0.2) is 9.59 Å². The molecule has 2 saturated heterocycles. The number of primary amides is 1. The molecule has 4 atom stereocenters. The van der Waals surface area contributed by atoms with Crippen molar-refractivity contribution in [2.45, 2.75) is 57.0 Å². The second kappa shape index (κ2) is 6.37. The molecule has 0 aromatic carbocycles. The summed E-state index contributed by atoms with van der Waals surface area (Å²) in [6.07, 6.45) is 6.08. The summed E-state index contributed by atoms with van der Waals surface area (Å²) in [7, 11) is 0. The van der Waals surface area contributed by atoms with Gasteiger partial charge in [0.15, 0.2) is 0 Å². The lowest BCUT2D eigenvalue weighted by molar-refractivity contribution is -0.152. The smallest absolute Gasteiger partial charge is 0.326 e. The first kappa shape index (κ1) is 16.1. The van der Waals surface area contributed by atoms with Gasteiger partial charge >= 0.3 is 12.0 Å². The Morgan fingerprint density at radius 2 is 1.78 bits per heavy atom. The zero-order valence-electron chi connectivity index (χ0n) is 13.3. The lowest BCUT2D eigenvalue weighted by atomic mass is 9.84. The number of carbonyl (C=O) groups is 3. The van der Waals surface area contributed by atoms with Crippen molar-refractivity contribution in [3.63, 3.8) is 0 Å². The van der Waals surface area contributed by atoms with Crippen LogP contribution in [0.3, 0.4) is 0 Å². The van der Waals surface area contributed by atoms with Crippen LogP contribution in [0.2, 0.25) is 0 Å². The highest BCUT2D eigenvalue weighted by atomic mass is 16.4. The van der Waals surface area contributed by atoms with E-state index in [1.54, 1.807) is 4.90 Å². The number of carboxylic acid groups (broad SMARTS) is 1. The standard InChI is InChI=1S/C16H25N3O4/c17-16(23)18-7-3-5-11(9-18)14(20)19-12-6-2-1-4-10(12)8-13(19)15(21)22/h10-13H,1-9H2,(H2,17,23)(H,21,22)/t10-,11-,12-,13-/m0/s1. The van der Waals surface area contributed by atoms with E-state index in [0.29, 0.717) is 31.8 Å². The number of carbonyl (C=O) groups excluding carboxylic acids is 2. The quantitative estimate of drug-likeness (QED) is 0.791. The van der Waals surface area contributed by atoms with Gasteiger partial charge in [0.05, 0.1) is 5.92 Å². The fourth-order valence-corrected chi connectivity index (χ4v) is 4.59. The van der Waals surface area contributed by atoms with Crippen LogP contribution in [0.25, 0.3) is 0 Å². The molecule has 3 fully saturated rings. The Labute approximate surface area is 135 Å². The lowest BCUT2D eigenvalue weighted by Crippen LogP contribution is -2.53. The number of nitrogens with two attached hydrogens (primary N) is 1. The zero-order chi connectivity index (χ0) is 16.6. The molecule has 2 aliphatic heterocycles. The summed E-state index contributed by atoms with van der Waals surface area (Å²) >= 11 is 0. The van der Waals surface area contributed by atoms with Crippen LogP contribution in [-0.4, -0.2) is 58.0 Å². The Hall–Kier alpha value is -1.79. The molecule has 23 heavy (non-hydrogen) atoms. The molecule has 3 amide bonds. The second-order valence-electron chi connectivity index (χ2n) is 7.07. The van der Waals surface area contributed by atoms with E-state index in [1.165, 1.54) is 4.90 Å². The van der Waals surface area contributed by atoms with Gasteiger partial charge < -0.3 is 20.6 Å². The van der Waals surface area contributed by atoms with Crippen molar-refractivity contribution in [3.8, 4) is 0 Å². The molecular weight excluding hydrogens is 298 g/mol. The lowest BCUT2D eigenvalue weighted by Gasteiger charge is -2.38. The fraction of sp³-hybridized carbons (Fsp3) is 0.812. The van der Waals surface area contributed by atoms with Crippen LogP contribution < -0.4 is 5.73 Å². The molecule has 3 N–H and O–H groups in total. The first-order valence-corrected chi connectivity index (χ1v) is 8.58. The minimum atomic E-state index is -0.907. The maximum absolute atomic E-state index is 13.0. The Morgan fingerprint density at radius 3 is 2.48 bits per heavy atom. The summed E-state index contributed by atoms with van der Waals surface area (Å²) in [5.41, 5.74) is 5.33. The highest BCUT2D eigenvalue weighted by Gasteiger charge is 2.49. The van der Waals surface area contributed by atoms with Gasteiger partial charge in [-0.1, -0.05) is 12.8 Å². The summed E-state index contributed by atoms with van der Waals surface area (Å²) in [5.74, 6) is -1.02. The van der Waals surface area contributed by atoms with Gasteiger partial charge in [-0.05, 0) is 38.0 Å². The first-order chi connectivity index (χ1) is 11.0. The third-order valence-corrected chi connectivity index (χ3v) is 5.71. The van der Waals surface area contributed by atoms with Gasteiger partial charge in [-0.3, -0.25) is 4.79 Å². The summed E-state index contributed by atoms with van der Waals surface area (Å²) in [5, 5.41) is 9.54. The van der Waals surface area contributed by atoms with Gasteiger partial charge in [-0.2, -0.15) is 0 Å². The van der Waals surface area contributed by atoms with E-state index in [2.05, 4.69) is 0 Å². The zero-order valence-corrected chi connectivity index (χ0v) is 13.3. The van der Waals surface area contributed by atoms with Crippen molar-refractivity contribution in [2.75, 3.05) is 13.1 Å². The van der Waals surface area contributed by atoms with Crippen LogP contribution in [0, 0.1) is 11.8 Å². The Morgan fingerprint density at radius 1 is 1.04 bits per heavy atom. The van der Waals surface area contributed by atoms with Crippen LogP contribution in [-0.2, 0) is 9.59 Å². The van der Waals surface area contributed by atoms with E-state index in [0.717, 1.165) is 32.1 Å². The number of amides is 3. The number of hydrogen-bond donors (Lipinski definition) is 2. The minimum Gasteiger partial charge on any atom is -0.480 e. The molecule has 0 aromatic rings. The van der Waals surface area contributed by atoms with Crippen molar-refractivity contribution in [1.82, 2.24) is 9.80 Å². The number of fused-ring (bicyclic) bond motifs is 1. The van der Waals surface area contributed by atoms with Crippen molar-refractivity contribution in [2.24, 2.45) is 17.6 Å². The average molecular weight is 323 g/mol. The van der Waals surface area contributed by atoms with Gasteiger partial charge in [0.2, 0.25) is 5.91 Å². The van der Waals surface area contributed by atoms with Crippen LogP contribution in [0.15, 0.2) is 0 Å². The van der Waals surface area contributed by atoms with Crippen molar-refractivity contribution < 1.29 is 19.5 Å². The van der Waals surface area contributed by atoms with Gasteiger partial charge in [-0.15, -0.1) is 0 Å². The number of hydrogen-bond acceptors (Lipinski definition) is 3. The van der Waals surface area contributed by atoms with E-state index >= 15 is 0 Å². The van der Waals surface area contributed by atoms with Crippen LogP contribution >= 0.6 is 0 Å². The largest absolute Gasteiger partial charge is 0.480 e. The molecule has 0 aromatic heterocycles. The predicted molar refractivity (Wildman–Crippen MR) is 82.5 cm³/mol. The van der Waals surface area contributed by atoms with Gasteiger partial charge in [0.1, 0.15) is 6.04 Å². The minimum absolute atomic E-state index is 0.0568. The molecule has 1 saturated carbocycles. The summed E-state index contributed by atoms with van der Waals surface area (Å²) in [6.45, 7) is 0.891. The topological polar surface area (TPSA) is 104 Å². The van der Waals surface area contributed by atoms with E-state index in [9.17, 15) is 19.5 Å². The van der Waals surface area contributed by atoms with E-state index in [1.807, 2.05) is 0 Å². The summed E-state index contributed by atoms with van der Waals surface area (Å²) < 4.78 is 0. The van der Waals surface area contributed by atoms with E-state index in [4.69, 9.17) is 5.73 Å². The molecule has 3 aliphatic rings. The number of carboxylic acids is 1. The van der Waals surface area contributed by atoms with Gasteiger partial charge in [0.25, 0.3) is 0 Å². The summed E-state index contributed by atoms with van der Waals surface area (Å²) in [6, 6.07) is -1.16. The molecular formula is C16H25N3O4. The molecule has 0 spiro atoms. The predicted octanol–water partition coefficient (Wildman–Crippen LogP) is 1.02. The number of rotatable bonds is 2. The Balaban J connectivity index is 1.78. The monoisotopic (exact) mass is 323 g/mol. The van der Waals surface area contributed by atoms with Gasteiger partial charge in [0, 0.05) is 19.1 Å². The van der Waals surface area contributed by atoms with E-state index in [-0.39, 0.29) is 17.9 Å². The highest BCUT2D eigenvalue weighted by molar-refractivity contribution is 5.87. The molecule has 2 heterocycles. The Kier molecular flexibility index (Phi) is 4.46. The molecule has 0 unspecified atom stereocenters. The summed E-state index contributed by atoms with van der Waals surface area (Å²) in [4.78, 5) is 39.2. The SMILES string of the molecule is NC(=O)N1CCC[C@H](C(=O)N2[C@H](C(=O)O)C[C@@H]3CCCC[C@@H]32)C1. The molecule has 1 aliphatic carbocycles. The number of likely N-dealkylation sites (tertiary alicyclic amines) is 2. The fourth-order valence-electron chi connectivity index (χ4n) is 4.59. The number of aliphatic carboxylic acids is 1. The maximum Gasteiger partial charge on any atom is 0.326 e. The number of piperidine rings is 1. The maximum atomic E-state index is 13.0. The van der Waals surface area contributed by atoms with E-state index < -0.39 is 18.0 Å². The number of urea groups is 1. The van der Waals surface area contributed by atoms with Crippen molar-refractivity contribution in [1.29, 1.82) is 0 Å². The molecule has 0 radical (unpaired) electrons. The van der Waals surface area contributed by atoms with Crippen molar-refractivity contribution in [3.05, 3.63) is 0 Å². The molecule has 7 nitrogen and oxygen atoms in total. The Bertz CT molecular complexity index is 510. The molecule has 7 heteroatoms. The second-order valence-corrected chi connectivity index (χ2v) is 7.07.